The number of carboxylic acid groups (broad SMARTS) is 1. The zero-order valence-corrected chi connectivity index (χ0v) is 10.6. The van der Waals surface area contributed by atoms with Gasteiger partial charge in [0.1, 0.15) is 5.82 Å². The number of rotatable bonds is 6. The monoisotopic (exact) mass is 243 g/mol. The van der Waals surface area contributed by atoms with Crippen molar-refractivity contribution in [2.45, 2.75) is 39.7 Å². The van der Waals surface area contributed by atoms with Crippen LogP contribution in [0.2, 0.25) is 0 Å². The Hall–Kier alpha value is -1.17. The van der Waals surface area contributed by atoms with Crippen molar-refractivity contribution in [1.29, 1.82) is 0 Å². The highest BCUT2D eigenvalue weighted by molar-refractivity contribution is 7.09. The van der Waals surface area contributed by atoms with Gasteiger partial charge in [-0.15, -0.1) is 0 Å². The number of hydrogen-bond acceptors (Lipinski definition) is 5. The number of nitrogens with zero attached hydrogens (tertiary/aromatic N) is 3. The van der Waals surface area contributed by atoms with Crippen molar-refractivity contribution in [3.8, 4) is 0 Å². The minimum atomic E-state index is -0.786. The number of carbonyl (C=O) groups is 1. The van der Waals surface area contributed by atoms with E-state index in [1.54, 1.807) is 0 Å². The Labute approximate surface area is 99.3 Å². The molecule has 1 aromatic rings. The van der Waals surface area contributed by atoms with Crippen molar-refractivity contribution in [2.75, 3.05) is 11.4 Å². The van der Waals surface area contributed by atoms with E-state index in [0.29, 0.717) is 0 Å². The summed E-state index contributed by atoms with van der Waals surface area (Å²) >= 11 is 1.33. The summed E-state index contributed by atoms with van der Waals surface area (Å²) in [5.74, 6) is 0.0344. The Morgan fingerprint density at radius 3 is 2.69 bits per heavy atom. The van der Waals surface area contributed by atoms with Gasteiger partial charge in [-0.1, -0.05) is 6.92 Å². The summed E-state index contributed by atoms with van der Waals surface area (Å²) in [6.45, 7) is 6.63. The van der Waals surface area contributed by atoms with Gasteiger partial charge in [0.25, 0.3) is 0 Å². The van der Waals surface area contributed by atoms with Gasteiger partial charge in [0.15, 0.2) is 0 Å². The Balaban J connectivity index is 2.76. The van der Waals surface area contributed by atoms with Crippen LogP contribution in [0.25, 0.3) is 0 Å². The van der Waals surface area contributed by atoms with Crippen LogP contribution in [-0.2, 0) is 11.2 Å². The molecule has 0 bridgehead atoms. The summed E-state index contributed by atoms with van der Waals surface area (Å²) in [6.07, 6.45) is 0.927. The minimum absolute atomic E-state index is 0.0554. The minimum Gasteiger partial charge on any atom is -0.481 e. The van der Waals surface area contributed by atoms with Crippen LogP contribution in [0.15, 0.2) is 0 Å². The molecule has 0 radical (unpaired) electrons. The molecule has 0 fully saturated rings. The lowest BCUT2D eigenvalue weighted by Crippen LogP contribution is -2.34. The highest BCUT2D eigenvalue weighted by Crippen LogP contribution is 2.20. The van der Waals surface area contributed by atoms with Gasteiger partial charge in [-0.25, -0.2) is 4.98 Å². The maximum absolute atomic E-state index is 10.7. The molecule has 90 valence electrons. The normalized spacial score (nSPS) is 12.4. The highest BCUT2D eigenvalue weighted by Gasteiger charge is 2.19. The molecule has 0 amide bonds. The first-order valence-corrected chi connectivity index (χ1v) is 6.16. The first kappa shape index (κ1) is 12.9. The van der Waals surface area contributed by atoms with Crippen molar-refractivity contribution < 1.29 is 9.90 Å². The molecule has 0 saturated heterocycles. The summed E-state index contributed by atoms with van der Waals surface area (Å²) in [6, 6.07) is -0.0554. The molecule has 0 aliphatic rings. The molecule has 5 nitrogen and oxygen atoms in total. The second kappa shape index (κ2) is 5.79. The van der Waals surface area contributed by atoms with E-state index in [-0.39, 0.29) is 12.5 Å². The van der Waals surface area contributed by atoms with Gasteiger partial charge < -0.3 is 10.0 Å². The van der Waals surface area contributed by atoms with E-state index in [9.17, 15) is 4.79 Å². The lowest BCUT2D eigenvalue weighted by molar-refractivity contribution is -0.137. The molecule has 1 heterocycles. The third-order valence-corrected chi connectivity index (χ3v) is 3.15. The maximum Gasteiger partial charge on any atom is 0.305 e. The van der Waals surface area contributed by atoms with E-state index in [1.165, 1.54) is 11.5 Å². The van der Waals surface area contributed by atoms with Crippen LogP contribution in [0, 0.1) is 0 Å². The summed E-state index contributed by atoms with van der Waals surface area (Å²) in [4.78, 5) is 17.0. The van der Waals surface area contributed by atoms with Crippen LogP contribution in [0.3, 0.4) is 0 Å². The predicted molar refractivity (Wildman–Crippen MR) is 64.0 cm³/mol. The van der Waals surface area contributed by atoms with Gasteiger partial charge in [-0.05, 0) is 13.8 Å². The largest absolute Gasteiger partial charge is 0.481 e. The van der Waals surface area contributed by atoms with Gasteiger partial charge in [0, 0.05) is 30.5 Å². The third-order valence-electron chi connectivity index (χ3n) is 2.36. The van der Waals surface area contributed by atoms with E-state index >= 15 is 0 Å². The first-order valence-electron chi connectivity index (χ1n) is 5.39. The topological polar surface area (TPSA) is 66.3 Å². The smallest absolute Gasteiger partial charge is 0.305 e. The van der Waals surface area contributed by atoms with Crippen LogP contribution in [0.4, 0.5) is 5.13 Å². The quantitative estimate of drug-likeness (QED) is 0.825. The second-order valence-corrected chi connectivity index (χ2v) is 4.31. The van der Waals surface area contributed by atoms with Crippen LogP contribution in [0.5, 0.6) is 0 Å². The van der Waals surface area contributed by atoms with Crippen molar-refractivity contribution >= 4 is 22.6 Å². The molecular weight excluding hydrogens is 226 g/mol. The van der Waals surface area contributed by atoms with E-state index in [2.05, 4.69) is 9.36 Å². The van der Waals surface area contributed by atoms with E-state index in [0.717, 1.165) is 23.9 Å². The van der Waals surface area contributed by atoms with Crippen LogP contribution in [0.1, 0.15) is 33.0 Å². The lowest BCUT2D eigenvalue weighted by atomic mass is 10.2. The van der Waals surface area contributed by atoms with Crippen LogP contribution in [-0.4, -0.2) is 33.0 Å². The highest BCUT2D eigenvalue weighted by atomic mass is 32.1. The van der Waals surface area contributed by atoms with Gasteiger partial charge in [-0.3, -0.25) is 4.79 Å². The molecule has 0 spiro atoms. The fourth-order valence-corrected chi connectivity index (χ4v) is 2.42. The van der Waals surface area contributed by atoms with Gasteiger partial charge in [0.2, 0.25) is 5.13 Å². The number of aromatic nitrogens is 2. The van der Waals surface area contributed by atoms with Crippen molar-refractivity contribution in [2.24, 2.45) is 0 Å². The molecule has 6 heteroatoms. The molecular formula is C10H17N3O2S. The zero-order chi connectivity index (χ0) is 12.1. The summed E-state index contributed by atoms with van der Waals surface area (Å²) in [5, 5.41) is 9.58. The fourth-order valence-electron chi connectivity index (χ4n) is 1.50. The predicted octanol–water partition coefficient (Wildman–Crippen LogP) is 1.79. The molecule has 0 aromatic carbocycles. The number of hydrogen-bond donors (Lipinski definition) is 1. The van der Waals surface area contributed by atoms with Crippen molar-refractivity contribution in [1.82, 2.24) is 9.36 Å². The van der Waals surface area contributed by atoms with Crippen molar-refractivity contribution in [3.63, 3.8) is 0 Å². The SMILES string of the molecule is CCc1nsc(N(CC)C(C)CC(=O)O)n1. The van der Waals surface area contributed by atoms with Crippen LogP contribution >= 0.6 is 11.5 Å². The Morgan fingerprint density at radius 1 is 1.56 bits per heavy atom. The molecule has 0 saturated carbocycles. The molecule has 1 unspecified atom stereocenters. The lowest BCUT2D eigenvalue weighted by Gasteiger charge is -2.25. The standard InChI is InChI=1S/C10H17N3O2S/c1-4-8-11-10(16-12-8)13(5-2)7(3)6-9(14)15/h7H,4-6H2,1-3H3,(H,14,15). The van der Waals surface area contributed by atoms with Crippen LogP contribution < -0.4 is 4.90 Å². The van der Waals surface area contributed by atoms with E-state index < -0.39 is 5.97 Å². The molecule has 0 aliphatic carbocycles. The van der Waals surface area contributed by atoms with Gasteiger partial charge in [0.05, 0.1) is 6.42 Å². The van der Waals surface area contributed by atoms with Gasteiger partial charge >= 0.3 is 5.97 Å². The fraction of sp³-hybridized carbons (Fsp3) is 0.700. The molecule has 1 rings (SSSR count). The summed E-state index contributed by atoms with van der Waals surface area (Å²) in [5.41, 5.74) is 0. The summed E-state index contributed by atoms with van der Waals surface area (Å²) in [7, 11) is 0. The third kappa shape index (κ3) is 3.16. The average molecular weight is 243 g/mol. The number of carboxylic acids is 1. The first-order chi connectivity index (χ1) is 7.58. The maximum atomic E-state index is 10.7. The number of aliphatic carboxylic acids is 1. The molecule has 1 N–H and O–H groups in total. The Kier molecular flexibility index (Phi) is 4.67. The Morgan fingerprint density at radius 2 is 2.25 bits per heavy atom. The second-order valence-electron chi connectivity index (χ2n) is 3.58. The van der Waals surface area contributed by atoms with E-state index in [1.807, 2.05) is 25.7 Å². The average Bonchev–Trinajstić information content (AvgIpc) is 2.66. The number of anilines is 1. The molecule has 1 atom stereocenters. The zero-order valence-electron chi connectivity index (χ0n) is 9.80. The van der Waals surface area contributed by atoms with E-state index in [4.69, 9.17) is 5.11 Å². The molecule has 16 heavy (non-hydrogen) atoms. The molecule has 1 aromatic heterocycles. The molecule has 0 aliphatic heterocycles. The van der Waals surface area contributed by atoms with Crippen molar-refractivity contribution in [3.05, 3.63) is 5.82 Å². The number of aryl methyl sites for hydroxylation is 1. The Bertz CT molecular complexity index is 354. The van der Waals surface area contributed by atoms with Gasteiger partial charge in [-0.2, -0.15) is 4.37 Å². The summed E-state index contributed by atoms with van der Waals surface area (Å²) < 4.78 is 4.21.